The predicted octanol–water partition coefficient (Wildman–Crippen LogP) is 3.45. The molecule has 0 bridgehead atoms. The monoisotopic (exact) mass is 233 g/mol. The highest BCUT2D eigenvalue weighted by molar-refractivity contribution is 5.37. The topological polar surface area (TPSA) is 21.3 Å². The minimum absolute atomic E-state index is 0.502. The van der Waals surface area contributed by atoms with Crippen molar-refractivity contribution >= 4 is 0 Å². The molecule has 1 aliphatic rings. The molecule has 0 amide bonds. The first kappa shape index (κ1) is 12.4. The Hall–Kier alpha value is -1.02. The molecule has 0 aromatic heterocycles. The molecule has 0 radical (unpaired) electrons. The van der Waals surface area contributed by atoms with Gasteiger partial charge >= 0.3 is 0 Å². The normalized spacial score (nSPS) is 18.3. The van der Waals surface area contributed by atoms with E-state index in [0.717, 1.165) is 11.7 Å². The predicted molar refractivity (Wildman–Crippen MR) is 71.5 cm³/mol. The number of hydrogen-bond acceptors (Lipinski definition) is 2. The van der Waals surface area contributed by atoms with Gasteiger partial charge in [0.1, 0.15) is 5.75 Å². The van der Waals surface area contributed by atoms with Crippen LogP contribution in [0.15, 0.2) is 18.2 Å². The van der Waals surface area contributed by atoms with Crippen LogP contribution in [0.4, 0.5) is 0 Å². The van der Waals surface area contributed by atoms with Gasteiger partial charge < -0.3 is 10.1 Å². The van der Waals surface area contributed by atoms with Crippen LogP contribution in [0.5, 0.6) is 5.75 Å². The van der Waals surface area contributed by atoms with Crippen molar-refractivity contribution in [1.82, 2.24) is 5.32 Å². The minimum atomic E-state index is 0.502. The van der Waals surface area contributed by atoms with E-state index in [4.69, 9.17) is 4.74 Å². The Labute approximate surface area is 104 Å². The highest BCUT2D eigenvalue weighted by Crippen LogP contribution is 2.36. The van der Waals surface area contributed by atoms with E-state index in [9.17, 15) is 0 Å². The van der Waals surface area contributed by atoms with E-state index in [1.165, 1.54) is 36.8 Å². The van der Waals surface area contributed by atoms with Gasteiger partial charge in [0.15, 0.2) is 0 Å². The maximum Gasteiger partial charge on any atom is 0.121 e. The van der Waals surface area contributed by atoms with Crippen molar-refractivity contribution in [1.29, 1.82) is 0 Å². The van der Waals surface area contributed by atoms with Gasteiger partial charge in [0.05, 0.1) is 7.11 Å². The van der Waals surface area contributed by atoms with Crippen LogP contribution in [-0.2, 0) is 0 Å². The summed E-state index contributed by atoms with van der Waals surface area (Å²) in [7, 11) is 3.80. The summed E-state index contributed by atoms with van der Waals surface area (Å²) >= 11 is 0. The standard InChI is InChI=1S/C15H23NO/c1-11-10-13(8-9-14(11)17-3)15(16-2)12-6-4-5-7-12/h8-10,12,15-16H,4-7H2,1-3H3. The van der Waals surface area contributed by atoms with Crippen molar-refractivity contribution in [2.24, 2.45) is 5.92 Å². The lowest BCUT2D eigenvalue weighted by Gasteiger charge is -2.24. The Morgan fingerprint density at radius 1 is 1.29 bits per heavy atom. The largest absolute Gasteiger partial charge is 0.496 e. The van der Waals surface area contributed by atoms with Crippen molar-refractivity contribution < 1.29 is 4.74 Å². The van der Waals surface area contributed by atoms with Crippen LogP contribution in [0.25, 0.3) is 0 Å². The molecule has 0 saturated heterocycles. The van der Waals surface area contributed by atoms with Crippen LogP contribution in [0.2, 0.25) is 0 Å². The van der Waals surface area contributed by atoms with E-state index >= 15 is 0 Å². The quantitative estimate of drug-likeness (QED) is 0.860. The third-order valence-electron chi connectivity index (χ3n) is 3.96. The summed E-state index contributed by atoms with van der Waals surface area (Å²) in [5.74, 6) is 1.78. The lowest BCUT2D eigenvalue weighted by Crippen LogP contribution is -2.23. The van der Waals surface area contributed by atoms with Crippen molar-refractivity contribution in [3.05, 3.63) is 29.3 Å². The van der Waals surface area contributed by atoms with E-state index in [-0.39, 0.29) is 0 Å². The maximum atomic E-state index is 5.32. The zero-order chi connectivity index (χ0) is 12.3. The number of nitrogens with one attached hydrogen (secondary N) is 1. The summed E-state index contributed by atoms with van der Waals surface area (Å²) in [6, 6.07) is 7.05. The van der Waals surface area contributed by atoms with Crippen LogP contribution in [0.1, 0.15) is 42.9 Å². The second kappa shape index (κ2) is 5.54. The fourth-order valence-electron chi connectivity index (χ4n) is 3.06. The zero-order valence-electron chi connectivity index (χ0n) is 11.1. The molecule has 1 aliphatic carbocycles. The zero-order valence-corrected chi connectivity index (χ0v) is 11.1. The van der Waals surface area contributed by atoms with E-state index in [1.54, 1.807) is 7.11 Å². The summed E-state index contributed by atoms with van der Waals surface area (Å²) in [4.78, 5) is 0. The van der Waals surface area contributed by atoms with Gasteiger partial charge in [0.25, 0.3) is 0 Å². The molecule has 2 rings (SSSR count). The first-order chi connectivity index (χ1) is 8.26. The van der Waals surface area contributed by atoms with Crippen molar-refractivity contribution in [2.75, 3.05) is 14.2 Å². The van der Waals surface area contributed by atoms with E-state index in [1.807, 2.05) is 0 Å². The molecule has 0 heterocycles. The summed E-state index contributed by atoms with van der Waals surface area (Å²) in [6.07, 6.45) is 5.49. The lowest BCUT2D eigenvalue weighted by molar-refractivity contribution is 0.387. The molecule has 1 aromatic carbocycles. The third-order valence-corrected chi connectivity index (χ3v) is 3.96. The number of ether oxygens (including phenoxy) is 1. The first-order valence-electron chi connectivity index (χ1n) is 6.58. The van der Waals surface area contributed by atoms with E-state index < -0.39 is 0 Å². The van der Waals surface area contributed by atoms with Crippen LogP contribution < -0.4 is 10.1 Å². The molecule has 94 valence electrons. The summed E-state index contributed by atoms with van der Waals surface area (Å²) in [5, 5.41) is 3.48. The van der Waals surface area contributed by atoms with Gasteiger partial charge in [-0.05, 0) is 49.9 Å². The number of aryl methyl sites for hydroxylation is 1. The van der Waals surface area contributed by atoms with Crippen molar-refractivity contribution in [3.63, 3.8) is 0 Å². The summed E-state index contributed by atoms with van der Waals surface area (Å²) in [6.45, 7) is 2.11. The Bertz CT molecular complexity index is 369. The SMILES string of the molecule is CNC(c1ccc(OC)c(C)c1)C1CCCC1. The van der Waals surface area contributed by atoms with Gasteiger partial charge in [-0.25, -0.2) is 0 Å². The third kappa shape index (κ3) is 2.63. The van der Waals surface area contributed by atoms with E-state index in [0.29, 0.717) is 6.04 Å². The van der Waals surface area contributed by atoms with E-state index in [2.05, 4.69) is 37.5 Å². The Morgan fingerprint density at radius 2 is 2.00 bits per heavy atom. The Balaban J connectivity index is 2.21. The molecule has 1 atom stereocenters. The highest BCUT2D eigenvalue weighted by Gasteiger charge is 2.25. The van der Waals surface area contributed by atoms with Gasteiger partial charge in [0.2, 0.25) is 0 Å². The van der Waals surface area contributed by atoms with Crippen LogP contribution in [-0.4, -0.2) is 14.2 Å². The number of rotatable bonds is 4. The second-order valence-corrected chi connectivity index (χ2v) is 5.04. The molecule has 1 fully saturated rings. The van der Waals surface area contributed by atoms with Gasteiger partial charge in [-0.3, -0.25) is 0 Å². The van der Waals surface area contributed by atoms with Gasteiger partial charge in [-0.1, -0.05) is 25.0 Å². The molecule has 2 heteroatoms. The number of hydrogen-bond donors (Lipinski definition) is 1. The molecule has 1 N–H and O–H groups in total. The number of benzene rings is 1. The lowest BCUT2D eigenvalue weighted by atomic mass is 9.91. The average molecular weight is 233 g/mol. The molecule has 0 aliphatic heterocycles. The smallest absolute Gasteiger partial charge is 0.121 e. The molecule has 2 nitrogen and oxygen atoms in total. The van der Waals surface area contributed by atoms with Gasteiger partial charge in [-0.15, -0.1) is 0 Å². The molecular formula is C15H23NO. The average Bonchev–Trinajstić information content (AvgIpc) is 2.84. The van der Waals surface area contributed by atoms with Crippen molar-refractivity contribution in [3.8, 4) is 5.75 Å². The molecule has 17 heavy (non-hydrogen) atoms. The molecule has 0 spiro atoms. The van der Waals surface area contributed by atoms with Gasteiger partial charge in [0, 0.05) is 6.04 Å². The molecule has 1 aromatic rings. The minimum Gasteiger partial charge on any atom is -0.496 e. The van der Waals surface area contributed by atoms with Crippen LogP contribution in [0.3, 0.4) is 0 Å². The summed E-state index contributed by atoms with van der Waals surface area (Å²) in [5.41, 5.74) is 2.63. The summed E-state index contributed by atoms with van der Waals surface area (Å²) < 4.78 is 5.32. The maximum absolute atomic E-state index is 5.32. The van der Waals surface area contributed by atoms with Crippen LogP contribution in [0, 0.1) is 12.8 Å². The fourth-order valence-corrected chi connectivity index (χ4v) is 3.06. The Morgan fingerprint density at radius 3 is 2.53 bits per heavy atom. The molecule has 1 saturated carbocycles. The first-order valence-corrected chi connectivity index (χ1v) is 6.58. The Kier molecular flexibility index (Phi) is 4.06. The number of methoxy groups -OCH3 is 1. The molecular weight excluding hydrogens is 210 g/mol. The molecule has 1 unspecified atom stereocenters. The second-order valence-electron chi connectivity index (χ2n) is 5.04. The van der Waals surface area contributed by atoms with Gasteiger partial charge in [-0.2, -0.15) is 0 Å². The highest BCUT2D eigenvalue weighted by atomic mass is 16.5. The van der Waals surface area contributed by atoms with Crippen molar-refractivity contribution in [2.45, 2.75) is 38.6 Å². The van der Waals surface area contributed by atoms with Crippen LogP contribution >= 0.6 is 0 Å². The fraction of sp³-hybridized carbons (Fsp3) is 0.600.